The minimum atomic E-state index is -1.45. The fourth-order valence-corrected chi connectivity index (χ4v) is 1.51. The van der Waals surface area contributed by atoms with Gasteiger partial charge in [0.25, 0.3) is 0 Å². The van der Waals surface area contributed by atoms with Gasteiger partial charge in [-0.25, -0.2) is 9.59 Å². The van der Waals surface area contributed by atoms with E-state index in [1.54, 1.807) is 0 Å². The third kappa shape index (κ3) is 5.87. The monoisotopic (exact) mass is 266 g/mol. The molecule has 0 unspecified atom stereocenters. The van der Waals surface area contributed by atoms with E-state index in [-0.39, 0.29) is 19.0 Å². The number of carbonyl (C=O) groups excluding carboxylic acids is 1. The number of benzene rings is 1. The van der Waals surface area contributed by atoms with Gasteiger partial charge in [0.1, 0.15) is 0 Å². The second-order valence-electron chi connectivity index (χ2n) is 4.24. The molecule has 0 saturated heterocycles. The highest BCUT2D eigenvalue weighted by Gasteiger charge is 2.12. The molecule has 2 amide bonds. The molecule has 1 aromatic carbocycles. The van der Waals surface area contributed by atoms with Crippen LogP contribution in [0.2, 0.25) is 0 Å². The van der Waals surface area contributed by atoms with Crippen molar-refractivity contribution in [2.24, 2.45) is 0 Å². The van der Waals surface area contributed by atoms with Crippen molar-refractivity contribution in [1.82, 2.24) is 10.6 Å². The summed E-state index contributed by atoms with van der Waals surface area (Å²) in [5.74, 6) is -1.29. The number of hydrogen-bond acceptors (Lipinski definition) is 3. The summed E-state index contributed by atoms with van der Waals surface area (Å²) in [5, 5.41) is 22.6. The Balaban J connectivity index is 2.23. The Morgan fingerprint density at radius 1 is 1.32 bits per heavy atom. The lowest BCUT2D eigenvalue weighted by atomic mass is 10.1. The van der Waals surface area contributed by atoms with Gasteiger partial charge in [-0.15, -0.1) is 0 Å². The average Bonchev–Trinajstić information content (AvgIpc) is 2.36. The van der Waals surface area contributed by atoms with Crippen LogP contribution in [0.1, 0.15) is 17.5 Å². The number of hydrogen-bond donors (Lipinski definition) is 4. The molecule has 1 atom stereocenters. The lowest BCUT2D eigenvalue weighted by Gasteiger charge is -2.09. The van der Waals surface area contributed by atoms with Gasteiger partial charge in [0.05, 0.1) is 0 Å². The number of nitrogens with one attached hydrogen (secondary N) is 2. The van der Waals surface area contributed by atoms with Crippen molar-refractivity contribution in [2.45, 2.75) is 26.0 Å². The number of aliphatic hydroxyl groups is 1. The summed E-state index contributed by atoms with van der Waals surface area (Å²) >= 11 is 0. The summed E-state index contributed by atoms with van der Waals surface area (Å²) in [6.45, 7) is 2.47. The third-order valence-electron chi connectivity index (χ3n) is 2.52. The van der Waals surface area contributed by atoms with Gasteiger partial charge in [0.2, 0.25) is 0 Å². The Bertz CT molecular complexity index is 448. The zero-order chi connectivity index (χ0) is 14.3. The van der Waals surface area contributed by atoms with Gasteiger partial charge < -0.3 is 20.8 Å². The standard InChI is InChI=1S/C13H18N2O4/c1-9-3-2-4-10(7-9)8-15-13(19)14-6-5-11(16)12(17)18/h2-4,7,11,16H,5-6,8H2,1H3,(H,17,18)(H2,14,15,19)/t11-/m0/s1. The highest BCUT2D eigenvalue weighted by Crippen LogP contribution is 2.02. The number of urea groups is 1. The topological polar surface area (TPSA) is 98.7 Å². The van der Waals surface area contributed by atoms with Crippen LogP contribution in [-0.2, 0) is 11.3 Å². The van der Waals surface area contributed by atoms with Crippen LogP contribution in [0, 0.1) is 6.92 Å². The first-order valence-electron chi connectivity index (χ1n) is 5.97. The highest BCUT2D eigenvalue weighted by molar-refractivity contribution is 5.74. The zero-order valence-corrected chi connectivity index (χ0v) is 10.7. The van der Waals surface area contributed by atoms with Gasteiger partial charge in [0, 0.05) is 19.5 Å². The number of rotatable bonds is 6. The average molecular weight is 266 g/mol. The number of aliphatic carboxylic acids is 1. The Morgan fingerprint density at radius 3 is 2.68 bits per heavy atom. The first-order valence-corrected chi connectivity index (χ1v) is 5.97. The number of aliphatic hydroxyl groups excluding tert-OH is 1. The van der Waals surface area contributed by atoms with E-state index in [4.69, 9.17) is 10.2 Å². The van der Waals surface area contributed by atoms with E-state index in [1.165, 1.54) is 0 Å². The van der Waals surface area contributed by atoms with E-state index >= 15 is 0 Å². The van der Waals surface area contributed by atoms with Crippen LogP contribution in [0.3, 0.4) is 0 Å². The maximum Gasteiger partial charge on any atom is 0.332 e. The Hall–Kier alpha value is -2.08. The van der Waals surface area contributed by atoms with Crippen LogP contribution in [0.4, 0.5) is 4.79 Å². The summed E-state index contributed by atoms with van der Waals surface area (Å²) in [6.07, 6.45) is -1.47. The Morgan fingerprint density at radius 2 is 2.05 bits per heavy atom. The lowest BCUT2D eigenvalue weighted by Crippen LogP contribution is -2.37. The van der Waals surface area contributed by atoms with Crippen molar-refractivity contribution in [3.63, 3.8) is 0 Å². The van der Waals surface area contributed by atoms with Crippen LogP contribution < -0.4 is 10.6 Å². The molecule has 19 heavy (non-hydrogen) atoms. The molecule has 104 valence electrons. The van der Waals surface area contributed by atoms with Crippen molar-refractivity contribution in [1.29, 1.82) is 0 Å². The van der Waals surface area contributed by atoms with Crippen LogP contribution >= 0.6 is 0 Å². The maximum absolute atomic E-state index is 11.4. The number of carboxylic acid groups (broad SMARTS) is 1. The third-order valence-corrected chi connectivity index (χ3v) is 2.52. The fraction of sp³-hybridized carbons (Fsp3) is 0.385. The largest absolute Gasteiger partial charge is 0.479 e. The summed E-state index contributed by atoms with van der Waals surface area (Å²) in [7, 11) is 0. The molecule has 0 spiro atoms. The number of amides is 2. The first kappa shape index (κ1) is 15.0. The molecule has 1 aromatic rings. The Labute approximate surface area is 111 Å². The molecule has 0 aliphatic carbocycles. The molecular formula is C13H18N2O4. The van der Waals surface area contributed by atoms with Crippen molar-refractivity contribution in [3.05, 3.63) is 35.4 Å². The molecule has 6 nitrogen and oxygen atoms in total. The molecule has 0 aliphatic heterocycles. The Kier molecular flexibility index (Phi) is 5.81. The van der Waals surface area contributed by atoms with Crippen molar-refractivity contribution in [3.8, 4) is 0 Å². The molecule has 0 saturated carbocycles. The molecule has 0 aromatic heterocycles. The van der Waals surface area contributed by atoms with Crippen LogP contribution in [0.25, 0.3) is 0 Å². The van der Waals surface area contributed by atoms with Gasteiger partial charge in [-0.3, -0.25) is 0 Å². The van der Waals surface area contributed by atoms with Gasteiger partial charge in [-0.2, -0.15) is 0 Å². The van der Waals surface area contributed by atoms with E-state index < -0.39 is 12.1 Å². The smallest absolute Gasteiger partial charge is 0.332 e. The second kappa shape index (κ2) is 7.38. The second-order valence-corrected chi connectivity index (χ2v) is 4.24. The number of carbonyl (C=O) groups is 2. The number of carboxylic acids is 1. The first-order chi connectivity index (χ1) is 8.99. The molecule has 0 radical (unpaired) electrons. The van der Waals surface area contributed by atoms with Crippen LogP contribution in [-0.4, -0.2) is 34.9 Å². The summed E-state index contributed by atoms with van der Waals surface area (Å²) in [5.41, 5.74) is 2.10. The highest BCUT2D eigenvalue weighted by atomic mass is 16.4. The van der Waals surface area contributed by atoms with Crippen molar-refractivity contribution in [2.75, 3.05) is 6.54 Å². The number of aryl methyl sites for hydroxylation is 1. The molecule has 4 N–H and O–H groups in total. The van der Waals surface area contributed by atoms with Gasteiger partial charge in [-0.1, -0.05) is 29.8 Å². The fourth-order valence-electron chi connectivity index (χ4n) is 1.51. The quantitative estimate of drug-likeness (QED) is 0.607. The summed E-state index contributed by atoms with van der Waals surface area (Å²) in [4.78, 5) is 21.7. The predicted molar refractivity (Wildman–Crippen MR) is 69.7 cm³/mol. The summed E-state index contributed by atoms with van der Waals surface area (Å²) in [6, 6.07) is 7.36. The van der Waals surface area contributed by atoms with Crippen molar-refractivity contribution < 1.29 is 19.8 Å². The normalized spacial score (nSPS) is 11.7. The summed E-state index contributed by atoms with van der Waals surface area (Å²) < 4.78 is 0. The van der Waals surface area contributed by atoms with Gasteiger partial charge in [0.15, 0.2) is 6.10 Å². The maximum atomic E-state index is 11.4. The van der Waals surface area contributed by atoms with E-state index in [9.17, 15) is 9.59 Å². The zero-order valence-electron chi connectivity index (χ0n) is 10.7. The van der Waals surface area contributed by atoms with Crippen LogP contribution in [0.15, 0.2) is 24.3 Å². The molecule has 1 rings (SSSR count). The minimum Gasteiger partial charge on any atom is -0.479 e. The van der Waals surface area contributed by atoms with Gasteiger partial charge in [-0.05, 0) is 12.5 Å². The molecule has 6 heteroatoms. The van der Waals surface area contributed by atoms with E-state index in [0.717, 1.165) is 11.1 Å². The van der Waals surface area contributed by atoms with E-state index in [2.05, 4.69) is 10.6 Å². The molecule has 0 heterocycles. The lowest BCUT2D eigenvalue weighted by molar-refractivity contribution is -0.146. The van der Waals surface area contributed by atoms with E-state index in [0.29, 0.717) is 6.54 Å². The van der Waals surface area contributed by atoms with Gasteiger partial charge >= 0.3 is 12.0 Å². The van der Waals surface area contributed by atoms with Crippen LogP contribution in [0.5, 0.6) is 0 Å². The SMILES string of the molecule is Cc1cccc(CNC(=O)NCC[C@H](O)C(=O)O)c1. The molecule has 0 bridgehead atoms. The molecular weight excluding hydrogens is 248 g/mol. The van der Waals surface area contributed by atoms with E-state index in [1.807, 2.05) is 31.2 Å². The predicted octanol–water partition coefficient (Wildman–Crippen LogP) is 0.630. The van der Waals surface area contributed by atoms with Crippen molar-refractivity contribution >= 4 is 12.0 Å². The minimum absolute atomic E-state index is 0.0206. The molecule has 0 fully saturated rings. The molecule has 0 aliphatic rings.